The van der Waals surface area contributed by atoms with E-state index in [1.54, 1.807) is 0 Å². The summed E-state index contributed by atoms with van der Waals surface area (Å²) in [5, 5.41) is 9.54. The molecule has 0 bridgehead atoms. The molecule has 1 N–H and O–H groups in total. The van der Waals surface area contributed by atoms with Crippen molar-refractivity contribution in [1.82, 2.24) is 0 Å². The molecule has 2 heteroatoms. The third-order valence-corrected chi connectivity index (χ3v) is 3.14. The Balaban J connectivity index is 2.22. The Morgan fingerprint density at radius 1 is 1.20 bits per heavy atom. The molecule has 2 nitrogen and oxygen atoms in total. The molecular weight excluding hydrogens is 248 g/mol. The van der Waals surface area contributed by atoms with Gasteiger partial charge in [-0.25, -0.2) is 0 Å². The van der Waals surface area contributed by atoms with Gasteiger partial charge in [0, 0.05) is 5.57 Å². The van der Waals surface area contributed by atoms with Gasteiger partial charge in [-0.3, -0.25) is 4.79 Å². The van der Waals surface area contributed by atoms with Crippen LogP contribution in [0.4, 0.5) is 0 Å². The molecule has 0 unspecified atom stereocenters. The van der Waals surface area contributed by atoms with Crippen LogP contribution in [0.1, 0.15) is 25.3 Å². The molecule has 1 aliphatic carbocycles. The predicted octanol–water partition coefficient (Wildman–Crippen LogP) is 4.06. The van der Waals surface area contributed by atoms with Gasteiger partial charge in [0.25, 0.3) is 0 Å². The molecule has 1 aromatic rings. The molecule has 0 aliphatic heterocycles. The molecule has 0 saturated heterocycles. The van der Waals surface area contributed by atoms with Crippen LogP contribution in [0.3, 0.4) is 0 Å². The number of carbonyl (C=O) groups is 1. The number of allylic oxidation sites excluding steroid dienone is 4. The molecule has 1 aromatic carbocycles. The first-order valence-corrected chi connectivity index (χ1v) is 6.85. The highest BCUT2D eigenvalue weighted by Gasteiger charge is 2.15. The average Bonchev–Trinajstić information content (AvgIpc) is 2.45. The lowest BCUT2D eigenvalue weighted by atomic mass is 9.95. The monoisotopic (exact) mass is 266 g/mol. The highest BCUT2D eigenvalue weighted by molar-refractivity contribution is 6.05. The molecule has 0 amide bonds. The van der Waals surface area contributed by atoms with Crippen molar-refractivity contribution in [2.45, 2.75) is 26.2 Å². The maximum absolute atomic E-state index is 11.5. The fraction of sp³-hybridized carbons (Fsp3) is 0.222. The van der Waals surface area contributed by atoms with Crippen LogP contribution in [0.2, 0.25) is 0 Å². The van der Waals surface area contributed by atoms with Crippen molar-refractivity contribution in [3.8, 4) is 0 Å². The van der Waals surface area contributed by atoms with Gasteiger partial charge >= 0.3 is 0 Å². The topological polar surface area (TPSA) is 37.3 Å². The minimum Gasteiger partial charge on any atom is -0.504 e. The van der Waals surface area contributed by atoms with Crippen LogP contribution in [0, 0.1) is 0 Å². The summed E-state index contributed by atoms with van der Waals surface area (Å²) in [6, 6.07) is 10.1. The molecule has 0 atom stereocenters. The van der Waals surface area contributed by atoms with E-state index in [2.05, 4.69) is 24.8 Å². The second-order valence-corrected chi connectivity index (χ2v) is 4.77. The predicted molar refractivity (Wildman–Crippen MR) is 80.5 cm³/mol. The lowest BCUT2D eigenvalue weighted by molar-refractivity contribution is -0.113. The van der Waals surface area contributed by atoms with Gasteiger partial charge in [0.15, 0.2) is 5.76 Å². The Hall–Kier alpha value is -2.31. The van der Waals surface area contributed by atoms with Crippen LogP contribution >= 0.6 is 0 Å². The van der Waals surface area contributed by atoms with Gasteiger partial charge in [-0.05, 0) is 42.2 Å². The van der Waals surface area contributed by atoms with Crippen LogP contribution in [0.5, 0.6) is 0 Å². The summed E-state index contributed by atoms with van der Waals surface area (Å²) in [5.41, 5.74) is 6.15. The normalized spacial score (nSPS) is 14.4. The highest BCUT2D eigenvalue weighted by Crippen LogP contribution is 2.22. The van der Waals surface area contributed by atoms with Gasteiger partial charge in [0.1, 0.15) is 0 Å². The third kappa shape index (κ3) is 3.59. The van der Waals surface area contributed by atoms with Gasteiger partial charge < -0.3 is 5.11 Å². The molecule has 0 heterocycles. The zero-order valence-corrected chi connectivity index (χ0v) is 11.6. The van der Waals surface area contributed by atoms with Crippen LogP contribution in [-0.2, 0) is 11.2 Å². The van der Waals surface area contributed by atoms with Crippen molar-refractivity contribution in [3.63, 3.8) is 0 Å². The summed E-state index contributed by atoms with van der Waals surface area (Å²) in [7, 11) is 0. The van der Waals surface area contributed by atoms with E-state index in [0.29, 0.717) is 0 Å². The average molecular weight is 266 g/mol. The van der Waals surface area contributed by atoms with E-state index in [1.807, 2.05) is 24.3 Å². The molecular formula is C18H18O2. The Morgan fingerprint density at radius 2 is 1.95 bits per heavy atom. The van der Waals surface area contributed by atoms with Crippen LogP contribution in [0.25, 0.3) is 0 Å². The second-order valence-electron chi connectivity index (χ2n) is 4.77. The number of hydrogen-bond acceptors (Lipinski definition) is 2. The minimum absolute atomic E-state index is 0.208. The van der Waals surface area contributed by atoms with Crippen molar-refractivity contribution in [2.75, 3.05) is 0 Å². The molecule has 0 spiro atoms. The SMILES string of the molecule is CCCC1=CC(=O)C(O)=CC1=C=CCc1ccccc1. The summed E-state index contributed by atoms with van der Waals surface area (Å²) >= 11 is 0. The fourth-order valence-corrected chi connectivity index (χ4v) is 2.11. The molecule has 0 aromatic heterocycles. The largest absolute Gasteiger partial charge is 0.504 e. The number of benzene rings is 1. The number of ketones is 1. The molecule has 0 radical (unpaired) electrons. The Labute approximate surface area is 119 Å². The summed E-state index contributed by atoms with van der Waals surface area (Å²) < 4.78 is 0. The first-order valence-electron chi connectivity index (χ1n) is 6.85. The first kappa shape index (κ1) is 14.1. The highest BCUT2D eigenvalue weighted by atomic mass is 16.3. The van der Waals surface area contributed by atoms with Crippen LogP contribution < -0.4 is 0 Å². The van der Waals surface area contributed by atoms with Crippen molar-refractivity contribution < 1.29 is 9.90 Å². The van der Waals surface area contributed by atoms with Crippen LogP contribution in [-0.4, -0.2) is 10.9 Å². The second kappa shape index (κ2) is 6.74. The number of aliphatic hydroxyl groups is 1. The lowest BCUT2D eigenvalue weighted by Gasteiger charge is -2.10. The zero-order valence-electron chi connectivity index (χ0n) is 11.6. The van der Waals surface area contributed by atoms with E-state index >= 15 is 0 Å². The molecule has 20 heavy (non-hydrogen) atoms. The lowest BCUT2D eigenvalue weighted by Crippen LogP contribution is -2.06. The van der Waals surface area contributed by atoms with E-state index in [9.17, 15) is 9.90 Å². The van der Waals surface area contributed by atoms with Gasteiger partial charge in [0.05, 0.1) is 0 Å². The zero-order chi connectivity index (χ0) is 14.4. The molecule has 0 fully saturated rings. The standard InChI is InChI=1S/C18H18O2/c1-2-7-15-12-17(19)18(20)13-16(15)11-6-10-14-8-4-3-5-9-14/h3-6,8-9,12-13,20H,2,7,10H2,1H3. The van der Waals surface area contributed by atoms with Crippen molar-refractivity contribution in [2.24, 2.45) is 0 Å². The Morgan fingerprint density at radius 3 is 2.65 bits per heavy atom. The van der Waals surface area contributed by atoms with E-state index in [1.165, 1.54) is 17.7 Å². The summed E-state index contributed by atoms with van der Waals surface area (Å²) in [5.74, 6) is -0.525. The van der Waals surface area contributed by atoms with Crippen LogP contribution in [0.15, 0.2) is 71.2 Å². The van der Waals surface area contributed by atoms with Crippen molar-refractivity contribution in [1.29, 1.82) is 0 Å². The van der Waals surface area contributed by atoms with Gasteiger partial charge in [0.2, 0.25) is 5.78 Å². The number of aliphatic hydroxyl groups excluding tert-OH is 1. The first-order chi connectivity index (χ1) is 9.70. The van der Waals surface area contributed by atoms with Gasteiger partial charge in [-0.2, -0.15) is 0 Å². The Bertz CT molecular complexity index is 612. The maximum Gasteiger partial charge on any atom is 0.220 e. The number of hydrogen-bond donors (Lipinski definition) is 1. The summed E-state index contributed by atoms with van der Waals surface area (Å²) in [4.78, 5) is 11.5. The molecule has 102 valence electrons. The third-order valence-electron chi connectivity index (χ3n) is 3.14. The number of rotatable bonds is 4. The van der Waals surface area contributed by atoms with Crippen molar-refractivity contribution in [3.05, 3.63) is 76.8 Å². The van der Waals surface area contributed by atoms with Gasteiger partial charge in [-0.15, -0.1) is 5.73 Å². The van der Waals surface area contributed by atoms with Crippen molar-refractivity contribution >= 4 is 5.78 Å². The quantitative estimate of drug-likeness (QED) is 0.834. The Kier molecular flexibility index (Phi) is 4.75. The maximum atomic E-state index is 11.5. The molecule has 0 saturated carbocycles. The summed E-state index contributed by atoms with van der Waals surface area (Å²) in [6.45, 7) is 2.06. The smallest absolute Gasteiger partial charge is 0.220 e. The fourth-order valence-electron chi connectivity index (χ4n) is 2.11. The number of carbonyl (C=O) groups excluding carboxylic acids is 1. The van der Waals surface area contributed by atoms with E-state index < -0.39 is 0 Å². The van der Waals surface area contributed by atoms with Gasteiger partial charge in [-0.1, -0.05) is 43.7 Å². The molecule has 2 rings (SSSR count). The minimum atomic E-state index is -0.318. The van der Waals surface area contributed by atoms with E-state index in [-0.39, 0.29) is 11.5 Å². The summed E-state index contributed by atoms with van der Waals surface area (Å²) in [6.07, 6.45) is 7.51. The van der Waals surface area contributed by atoms with E-state index in [4.69, 9.17) is 0 Å². The molecule has 1 aliphatic rings. The van der Waals surface area contributed by atoms with E-state index in [0.717, 1.165) is 30.4 Å².